The van der Waals surface area contributed by atoms with E-state index in [-0.39, 0.29) is 23.8 Å². The minimum Gasteiger partial charge on any atom is -0.497 e. The van der Waals surface area contributed by atoms with Gasteiger partial charge in [-0.3, -0.25) is 9.36 Å². The van der Waals surface area contributed by atoms with Crippen LogP contribution in [0.3, 0.4) is 0 Å². The summed E-state index contributed by atoms with van der Waals surface area (Å²) in [7, 11) is 1.55. The highest BCUT2D eigenvalue weighted by molar-refractivity contribution is 7.99. The van der Waals surface area contributed by atoms with E-state index >= 15 is 0 Å². The molecule has 1 heterocycles. The summed E-state index contributed by atoms with van der Waals surface area (Å²) in [5.41, 5.74) is -1.11. The van der Waals surface area contributed by atoms with Crippen LogP contribution in [-0.2, 0) is 17.6 Å². The smallest absolute Gasteiger partial charge is 0.416 e. The first-order chi connectivity index (χ1) is 15.5. The van der Waals surface area contributed by atoms with Crippen LogP contribution in [0.4, 0.5) is 13.2 Å². The van der Waals surface area contributed by atoms with Gasteiger partial charge in [-0.15, -0.1) is 10.2 Å². The zero-order valence-electron chi connectivity index (χ0n) is 18.6. The Morgan fingerprint density at radius 1 is 1.03 bits per heavy atom. The molecule has 0 N–H and O–H groups in total. The summed E-state index contributed by atoms with van der Waals surface area (Å²) in [5.74, 6) is 1.60. The first kappa shape index (κ1) is 24.6. The quantitative estimate of drug-likeness (QED) is 0.393. The van der Waals surface area contributed by atoms with Crippen LogP contribution in [0.1, 0.15) is 32.2 Å². The Labute approximate surface area is 194 Å². The van der Waals surface area contributed by atoms with Crippen molar-refractivity contribution < 1.29 is 27.4 Å². The van der Waals surface area contributed by atoms with Gasteiger partial charge in [-0.1, -0.05) is 38.6 Å². The van der Waals surface area contributed by atoms with E-state index in [4.69, 9.17) is 9.47 Å². The fourth-order valence-corrected chi connectivity index (χ4v) is 3.87. The minimum absolute atomic E-state index is 0.0119. The van der Waals surface area contributed by atoms with Gasteiger partial charge in [0.05, 0.1) is 24.1 Å². The monoisotopic (exact) mass is 479 g/mol. The van der Waals surface area contributed by atoms with Gasteiger partial charge in [0, 0.05) is 5.41 Å². The molecule has 0 saturated carbocycles. The SMILES string of the molecule is COc1ccc(OCc2nnc(SCC(=O)C(C)(C)C)n2-c2cccc(C(F)(F)F)c2)cc1. The summed E-state index contributed by atoms with van der Waals surface area (Å²) < 4.78 is 52.3. The number of halogens is 3. The lowest BCUT2D eigenvalue weighted by molar-refractivity contribution is -0.137. The molecular weight excluding hydrogens is 455 g/mol. The second-order valence-electron chi connectivity index (χ2n) is 8.21. The zero-order valence-corrected chi connectivity index (χ0v) is 19.5. The molecule has 2 aromatic carbocycles. The Hall–Kier alpha value is -3.01. The predicted molar refractivity (Wildman–Crippen MR) is 119 cm³/mol. The van der Waals surface area contributed by atoms with Gasteiger partial charge in [0.1, 0.15) is 23.9 Å². The molecule has 33 heavy (non-hydrogen) atoms. The van der Waals surface area contributed by atoms with Gasteiger partial charge in [-0.25, -0.2) is 0 Å². The molecule has 3 aromatic rings. The maximum atomic E-state index is 13.3. The van der Waals surface area contributed by atoms with Crippen molar-refractivity contribution in [1.82, 2.24) is 14.8 Å². The largest absolute Gasteiger partial charge is 0.497 e. The number of carbonyl (C=O) groups excluding carboxylic acids is 1. The van der Waals surface area contributed by atoms with Gasteiger partial charge >= 0.3 is 6.18 Å². The number of ketones is 1. The van der Waals surface area contributed by atoms with Crippen LogP contribution in [-0.4, -0.2) is 33.4 Å². The minimum atomic E-state index is -4.50. The summed E-state index contributed by atoms with van der Waals surface area (Å²) in [4.78, 5) is 12.4. The highest BCUT2D eigenvalue weighted by Crippen LogP contribution is 2.32. The Balaban J connectivity index is 1.92. The number of rotatable bonds is 8. The number of ether oxygens (including phenoxy) is 2. The molecule has 10 heteroatoms. The average Bonchev–Trinajstić information content (AvgIpc) is 3.18. The van der Waals surface area contributed by atoms with Crippen LogP contribution in [0.15, 0.2) is 53.7 Å². The van der Waals surface area contributed by atoms with E-state index in [1.807, 2.05) is 20.8 Å². The van der Waals surface area contributed by atoms with E-state index in [0.717, 1.165) is 23.9 Å². The van der Waals surface area contributed by atoms with E-state index in [2.05, 4.69) is 10.2 Å². The van der Waals surface area contributed by atoms with Crippen molar-refractivity contribution in [2.24, 2.45) is 5.41 Å². The lowest BCUT2D eigenvalue weighted by Gasteiger charge is -2.16. The molecule has 0 unspecified atom stereocenters. The van der Waals surface area contributed by atoms with E-state index in [1.54, 1.807) is 31.4 Å². The summed E-state index contributed by atoms with van der Waals surface area (Å²) >= 11 is 1.12. The maximum absolute atomic E-state index is 13.3. The molecule has 0 bridgehead atoms. The predicted octanol–water partition coefficient (Wildman–Crippen LogP) is 5.58. The third kappa shape index (κ3) is 6.28. The number of nitrogens with zero attached hydrogens (tertiary/aromatic N) is 3. The summed E-state index contributed by atoms with van der Waals surface area (Å²) in [6.45, 7) is 5.38. The number of aromatic nitrogens is 3. The number of carbonyl (C=O) groups is 1. The lowest BCUT2D eigenvalue weighted by Crippen LogP contribution is -2.22. The molecule has 0 radical (unpaired) electrons. The van der Waals surface area contributed by atoms with Crippen molar-refractivity contribution in [3.05, 3.63) is 59.9 Å². The fraction of sp³-hybridized carbons (Fsp3) is 0.348. The second-order valence-corrected chi connectivity index (χ2v) is 9.15. The Kier molecular flexibility index (Phi) is 7.36. The van der Waals surface area contributed by atoms with Crippen molar-refractivity contribution in [1.29, 1.82) is 0 Å². The molecule has 3 rings (SSSR count). The third-order valence-electron chi connectivity index (χ3n) is 4.73. The Morgan fingerprint density at radius 3 is 2.30 bits per heavy atom. The van der Waals surface area contributed by atoms with Crippen LogP contribution in [0.25, 0.3) is 5.69 Å². The molecule has 0 spiro atoms. The summed E-state index contributed by atoms with van der Waals surface area (Å²) in [6, 6.07) is 11.8. The van der Waals surface area contributed by atoms with Crippen molar-refractivity contribution in [3.8, 4) is 17.2 Å². The van der Waals surface area contributed by atoms with Crippen LogP contribution in [0, 0.1) is 5.41 Å². The molecule has 0 aliphatic carbocycles. The number of hydrogen-bond donors (Lipinski definition) is 0. The van der Waals surface area contributed by atoms with Crippen molar-refractivity contribution in [2.75, 3.05) is 12.9 Å². The molecule has 0 saturated heterocycles. The topological polar surface area (TPSA) is 66.2 Å². The van der Waals surface area contributed by atoms with Crippen molar-refractivity contribution >= 4 is 17.5 Å². The second kappa shape index (κ2) is 9.86. The van der Waals surface area contributed by atoms with Gasteiger partial charge in [0.25, 0.3) is 0 Å². The zero-order chi connectivity index (χ0) is 24.2. The van der Waals surface area contributed by atoms with Crippen LogP contribution in [0.5, 0.6) is 11.5 Å². The van der Waals surface area contributed by atoms with Gasteiger partial charge in [-0.05, 0) is 42.5 Å². The van der Waals surface area contributed by atoms with Gasteiger partial charge in [0.15, 0.2) is 11.0 Å². The first-order valence-electron chi connectivity index (χ1n) is 10.0. The molecule has 0 aliphatic heterocycles. The van der Waals surface area contributed by atoms with Gasteiger partial charge in [-0.2, -0.15) is 13.2 Å². The Morgan fingerprint density at radius 2 is 1.70 bits per heavy atom. The van der Waals surface area contributed by atoms with Crippen molar-refractivity contribution in [2.45, 2.75) is 38.7 Å². The molecule has 6 nitrogen and oxygen atoms in total. The van der Waals surface area contributed by atoms with Crippen LogP contribution in [0.2, 0.25) is 0 Å². The molecule has 0 amide bonds. The van der Waals surface area contributed by atoms with Gasteiger partial charge < -0.3 is 9.47 Å². The van der Waals surface area contributed by atoms with E-state index < -0.39 is 17.2 Å². The van der Waals surface area contributed by atoms with Gasteiger partial charge in [0.2, 0.25) is 0 Å². The number of benzene rings is 2. The number of Topliss-reactive ketones (excluding diaryl/α,β-unsaturated/α-hetero) is 1. The maximum Gasteiger partial charge on any atom is 0.416 e. The standard InChI is InChI=1S/C23H24F3N3O3S/c1-22(2,3)19(30)14-33-21-28-27-20(13-32-18-10-8-17(31-4)9-11-18)29(21)16-7-5-6-15(12-16)23(24,25)26/h5-12H,13-14H2,1-4H3. The van der Waals surface area contributed by atoms with E-state index in [9.17, 15) is 18.0 Å². The van der Waals surface area contributed by atoms with Crippen LogP contribution < -0.4 is 9.47 Å². The molecule has 0 aliphatic rings. The highest BCUT2D eigenvalue weighted by Gasteiger charge is 2.31. The third-order valence-corrected chi connectivity index (χ3v) is 5.66. The number of methoxy groups -OCH3 is 1. The molecule has 0 fully saturated rings. The fourth-order valence-electron chi connectivity index (χ4n) is 2.73. The Bertz CT molecular complexity index is 1110. The molecule has 1 aromatic heterocycles. The first-order valence-corrected chi connectivity index (χ1v) is 11.0. The number of alkyl halides is 3. The van der Waals surface area contributed by atoms with E-state index in [1.165, 1.54) is 16.7 Å². The lowest BCUT2D eigenvalue weighted by atomic mass is 9.92. The normalized spacial score (nSPS) is 12.0. The van der Waals surface area contributed by atoms with Crippen LogP contribution >= 0.6 is 11.8 Å². The number of thioether (sulfide) groups is 1. The highest BCUT2D eigenvalue weighted by atomic mass is 32.2. The molecular formula is C23H24F3N3O3S. The summed E-state index contributed by atoms with van der Waals surface area (Å²) in [5, 5.41) is 8.55. The molecule has 0 atom stereocenters. The molecule has 176 valence electrons. The number of hydrogen-bond acceptors (Lipinski definition) is 6. The summed E-state index contributed by atoms with van der Waals surface area (Å²) in [6.07, 6.45) is -4.50. The average molecular weight is 480 g/mol. The van der Waals surface area contributed by atoms with Crippen molar-refractivity contribution in [3.63, 3.8) is 0 Å². The van der Waals surface area contributed by atoms with E-state index in [0.29, 0.717) is 22.5 Å².